The lowest BCUT2D eigenvalue weighted by molar-refractivity contribution is 0.149. The van der Waals surface area contributed by atoms with Crippen LogP contribution < -0.4 is 0 Å². The lowest BCUT2D eigenvalue weighted by Crippen LogP contribution is -2.08. The van der Waals surface area contributed by atoms with E-state index in [0.717, 1.165) is 37.0 Å². The summed E-state index contributed by atoms with van der Waals surface area (Å²) in [6, 6.07) is 8.41. The van der Waals surface area contributed by atoms with Crippen molar-refractivity contribution in [3.63, 3.8) is 0 Å². The maximum absolute atomic E-state index is 9.91. The van der Waals surface area contributed by atoms with Crippen LogP contribution in [0.2, 0.25) is 0 Å². The third-order valence-electron chi connectivity index (χ3n) is 4.06. The van der Waals surface area contributed by atoms with Crippen molar-refractivity contribution in [1.82, 2.24) is 0 Å². The number of para-hydroxylation sites is 1. The van der Waals surface area contributed by atoms with Crippen LogP contribution in [0.5, 0.6) is 0 Å². The standard InChI is InChI=1S/C16H20O2/c1-11-5-4-7-13-10-15(18-16(11)13)12-6-2-3-8-14(17)9-12/h4-5,7,10,12,14,17H,2-3,6,8-9H2,1H3. The summed E-state index contributed by atoms with van der Waals surface area (Å²) in [6.07, 6.45) is 5.09. The molecule has 2 atom stereocenters. The number of aliphatic hydroxyl groups excluding tert-OH is 1. The average molecular weight is 244 g/mol. The van der Waals surface area contributed by atoms with E-state index in [4.69, 9.17) is 4.42 Å². The molecule has 96 valence electrons. The summed E-state index contributed by atoms with van der Waals surface area (Å²) in [5.74, 6) is 1.44. The highest BCUT2D eigenvalue weighted by molar-refractivity contribution is 5.81. The molecule has 0 spiro atoms. The van der Waals surface area contributed by atoms with Gasteiger partial charge in [0.15, 0.2) is 0 Å². The van der Waals surface area contributed by atoms with Gasteiger partial charge in [0, 0.05) is 11.3 Å². The molecular weight excluding hydrogens is 224 g/mol. The Morgan fingerprint density at radius 3 is 2.89 bits per heavy atom. The number of furan rings is 1. The molecule has 1 N–H and O–H groups in total. The molecule has 2 aromatic rings. The highest BCUT2D eigenvalue weighted by Gasteiger charge is 2.23. The molecule has 1 aliphatic rings. The van der Waals surface area contributed by atoms with Gasteiger partial charge < -0.3 is 9.52 Å². The third-order valence-corrected chi connectivity index (χ3v) is 4.06. The van der Waals surface area contributed by atoms with Crippen molar-refractivity contribution in [3.05, 3.63) is 35.6 Å². The number of aryl methyl sites for hydroxylation is 1. The molecule has 2 heteroatoms. The van der Waals surface area contributed by atoms with Gasteiger partial charge >= 0.3 is 0 Å². The van der Waals surface area contributed by atoms with Gasteiger partial charge in [-0.15, -0.1) is 0 Å². The van der Waals surface area contributed by atoms with Gasteiger partial charge in [0.25, 0.3) is 0 Å². The van der Waals surface area contributed by atoms with Crippen LogP contribution >= 0.6 is 0 Å². The highest BCUT2D eigenvalue weighted by Crippen LogP contribution is 2.35. The summed E-state index contributed by atoms with van der Waals surface area (Å²) >= 11 is 0. The molecule has 1 aromatic heterocycles. The zero-order valence-electron chi connectivity index (χ0n) is 10.9. The topological polar surface area (TPSA) is 33.4 Å². The summed E-state index contributed by atoms with van der Waals surface area (Å²) in [6.45, 7) is 2.08. The molecule has 1 fully saturated rings. The zero-order valence-corrected chi connectivity index (χ0v) is 10.9. The Morgan fingerprint density at radius 1 is 1.22 bits per heavy atom. The summed E-state index contributed by atoms with van der Waals surface area (Å²) in [7, 11) is 0. The Labute approximate surface area is 108 Å². The van der Waals surface area contributed by atoms with Gasteiger partial charge in [-0.1, -0.05) is 31.0 Å². The van der Waals surface area contributed by atoms with Crippen molar-refractivity contribution in [1.29, 1.82) is 0 Å². The molecule has 0 radical (unpaired) electrons. The van der Waals surface area contributed by atoms with Crippen LogP contribution in [-0.2, 0) is 0 Å². The molecule has 0 bridgehead atoms. The third kappa shape index (κ3) is 2.17. The van der Waals surface area contributed by atoms with Crippen LogP contribution in [0, 0.1) is 6.92 Å². The van der Waals surface area contributed by atoms with Gasteiger partial charge in [0.05, 0.1) is 6.10 Å². The van der Waals surface area contributed by atoms with Gasteiger partial charge in [-0.2, -0.15) is 0 Å². The van der Waals surface area contributed by atoms with E-state index < -0.39 is 0 Å². The Kier molecular flexibility index (Phi) is 3.13. The van der Waals surface area contributed by atoms with E-state index in [2.05, 4.69) is 31.2 Å². The van der Waals surface area contributed by atoms with E-state index in [0.29, 0.717) is 5.92 Å². The number of benzene rings is 1. The van der Waals surface area contributed by atoms with E-state index in [1.54, 1.807) is 0 Å². The molecule has 0 saturated heterocycles. The second kappa shape index (κ2) is 4.77. The molecule has 3 rings (SSSR count). The first-order valence-corrected chi connectivity index (χ1v) is 6.91. The minimum atomic E-state index is -0.160. The van der Waals surface area contributed by atoms with E-state index in [1.807, 2.05) is 0 Å². The van der Waals surface area contributed by atoms with Gasteiger partial charge in [-0.05, 0) is 37.8 Å². The highest BCUT2D eigenvalue weighted by atomic mass is 16.3. The summed E-state index contributed by atoms with van der Waals surface area (Å²) in [4.78, 5) is 0. The smallest absolute Gasteiger partial charge is 0.137 e. The van der Waals surface area contributed by atoms with Crippen molar-refractivity contribution in [2.75, 3.05) is 0 Å². The van der Waals surface area contributed by atoms with E-state index in [1.165, 1.54) is 17.4 Å². The SMILES string of the molecule is Cc1cccc2cc(C3CCCCC(O)C3)oc12. The Hall–Kier alpha value is -1.28. The predicted molar refractivity (Wildman–Crippen MR) is 72.8 cm³/mol. The first kappa shape index (κ1) is 11.8. The largest absolute Gasteiger partial charge is 0.461 e. The van der Waals surface area contributed by atoms with Gasteiger partial charge in [-0.3, -0.25) is 0 Å². The van der Waals surface area contributed by atoms with E-state index >= 15 is 0 Å². The number of fused-ring (bicyclic) bond motifs is 1. The van der Waals surface area contributed by atoms with Gasteiger partial charge in [0.2, 0.25) is 0 Å². The van der Waals surface area contributed by atoms with Crippen molar-refractivity contribution in [2.45, 2.75) is 51.0 Å². The molecule has 1 aliphatic carbocycles. The summed E-state index contributed by atoms with van der Waals surface area (Å²) in [5.41, 5.74) is 2.19. The minimum Gasteiger partial charge on any atom is -0.461 e. The first-order chi connectivity index (χ1) is 8.74. The van der Waals surface area contributed by atoms with Gasteiger partial charge in [-0.25, -0.2) is 0 Å². The molecule has 0 aliphatic heterocycles. The van der Waals surface area contributed by atoms with Crippen LogP contribution in [0.4, 0.5) is 0 Å². The van der Waals surface area contributed by atoms with Crippen LogP contribution in [0.1, 0.15) is 49.3 Å². The van der Waals surface area contributed by atoms with Crippen LogP contribution in [-0.4, -0.2) is 11.2 Å². The number of aliphatic hydroxyl groups is 1. The molecule has 1 aromatic carbocycles. The fourth-order valence-corrected chi connectivity index (χ4v) is 3.02. The molecule has 0 amide bonds. The molecular formula is C16H20O2. The second-order valence-electron chi connectivity index (χ2n) is 5.51. The zero-order chi connectivity index (χ0) is 12.5. The Morgan fingerprint density at radius 2 is 2.06 bits per heavy atom. The van der Waals surface area contributed by atoms with Crippen LogP contribution in [0.15, 0.2) is 28.7 Å². The summed E-state index contributed by atoms with van der Waals surface area (Å²) < 4.78 is 6.03. The van der Waals surface area contributed by atoms with E-state index in [9.17, 15) is 5.11 Å². The van der Waals surface area contributed by atoms with Crippen molar-refractivity contribution < 1.29 is 9.52 Å². The molecule has 1 heterocycles. The predicted octanol–water partition coefficient (Wildman–Crippen LogP) is 4.15. The monoisotopic (exact) mass is 244 g/mol. The molecule has 1 saturated carbocycles. The minimum absolute atomic E-state index is 0.160. The Bertz CT molecular complexity index is 541. The lowest BCUT2D eigenvalue weighted by atomic mass is 9.96. The first-order valence-electron chi connectivity index (χ1n) is 6.91. The Balaban J connectivity index is 1.95. The van der Waals surface area contributed by atoms with Crippen LogP contribution in [0.25, 0.3) is 11.0 Å². The van der Waals surface area contributed by atoms with Crippen LogP contribution in [0.3, 0.4) is 0 Å². The number of hydrogen-bond donors (Lipinski definition) is 1. The second-order valence-corrected chi connectivity index (χ2v) is 5.51. The van der Waals surface area contributed by atoms with Crippen molar-refractivity contribution in [3.8, 4) is 0 Å². The normalized spacial score (nSPS) is 25.2. The number of rotatable bonds is 1. The fraction of sp³-hybridized carbons (Fsp3) is 0.500. The summed E-state index contributed by atoms with van der Waals surface area (Å²) in [5, 5.41) is 11.1. The molecule has 2 nitrogen and oxygen atoms in total. The molecule has 2 unspecified atom stereocenters. The molecule has 18 heavy (non-hydrogen) atoms. The van der Waals surface area contributed by atoms with E-state index in [-0.39, 0.29) is 6.10 Å². The van der Waals surface area contributed by atoms with Gasteiger partial charge in [0.1, 0.15) is 11.3 Å². The maximum atomic E-state index is 9.91. The van der Waals surface area contributed by atoms with Crippen molar-refractivity contribution in [2.24, 2.45) is 0 Å². The lowest BCUT2D eigenvalue weighted by Gasteiger charge is -2.13. The van der Waals surface area contributed by atoms with Crippen molar-refractivity contribution >= 4 is 11.0 Å². The number of hydrogen-bond acceptors (Lipinski definition) is 2. The fourth-order valence-electron chi connectivity index (χ4n) is 3.02. The average Bonchev–Trinajstić information content (AvgIpc) is 2.67. The maximum Gasteiger partial charge on any atom is 0.137 e. The quantitative estimate of drug-likeness (QED) is 0.764.